The average Bonchev–Trinajstić information content (AvgIpc) is 2.71. The van der Waals surface area contributed by atoms with Crippen LogP contribution >= 0.6 is 0 Å². The first kappa shape index (κ1) is 22.9. The summed E-state index contributed by atoms with van der Waals surface area (Å²) in [4.78, 5) is 36.5. The molecule has 0 unspecified atom stereocenters. The molecule has 7 nitrogen and oxygen atoms in total. The van der Waals surface area contributed by atoms with Crippen molar-refractivity contribution in [3.63, 3.8) is 0 Å². The Morgan fingerprint density at radius 3 is 2.37 bits per heavy atom. The molecular formula is C23H29N3O4. The highest BCUT2D eigenvalue weighted by atomic mass is 16.5. The molecule has 0 aliphatic carbocycles. The van der Waals surface area contributed by atoms with Gasteiger partial charge in [-0.15, -0.1) is 0 Å². The molecular weight excluding hydrogens is 382 g/mol. The molecule has 7 heteroatoms. The first-order chi connectivity index (χ1) is 14.3. The van der Waals surface area contributed by atoms with Gasteiger partial charge >= 0.3 is 0 Å². The van der Waals surface area contributed by atoms with E-state index < -0.39 is 11.8 Å². The molecule has 0 aromatic heterocycles. The van der Waals surface area contributed by atoms with Crippen molar-refractivity contribution in [1.29, 1.82) is 0 Å². The van der Waals surface area contributed by atoms with Gasteiger partial charge < -0.3 is 10.1 Å². The number of carbonyl (C=O) groups is 3. The standard InChI is InChI=1S/C23H29N3O4/c1-15(2)14-30-20-8-6-5-7-18(20)23(29)26-25-22(28)12-11-21(27)24-19-13-16(3)9-10-17(19)4/h5-10,13,15H,11-12,14H2,1-4H3,(H,24,27)(H,25,28)(H,26,29). The number of amides is 3. The van der Waals surface area contributed by atoms with Crippen LogP contribution in [0.15, 0.2) is 42.5 Å². The molecule has 30 heavy (non-hydrogen) atoms. The summed E-state index contributed by atoms with van der Waals surface area (Å²) in [7, 11) is 0. The van der Waals surface area contributed by atoms with Crippen LogP contribution in [0.5, 0.6) is 5.75 Å². The number of benzene rings is 2. The van der Waals surface area contributed by atoms with Crippen molar-refractivity contribution >= 4 is 23.4 Å². The lowest BCUT2D eigenvalue weighted by Crippen LogP contribution is -2.42. The van der Waals surface area contributed by atoms with E-state index in [-0.39, 0.29) is 18.7 Å². The number of nitrogens with one attached hydrogen (secondary N) is 3. The Balaban J connectivity index is 1.81. The zero-order chi connectivity index (χ0) is 22.1. The van der Waals surface area contributed by atoms with Crippen LogP contribution in [-0.2, 0) is 9.59 Å². The van der Waals surface area contributed by atoms with Crippen molar-refractivity contribution in [2.24, 2.45) is 5.92 Å². The molecule has 2 aromatic rings. The predicted molar refractivity (Wildman–Crippen MR) is 116 cm³/mol. The second-order valence-electron chi connectivity index (χ2n) is 7.57. The van der Waals surface area contributed by atoms with E-state index in [1.807, 2.05) is 45.9 Å². The number of ether oxygens (including phenoxy) is 1. The van der Waals surface area contributed by atoms with E-state index in [4.69, 9.17) is 4.74 Å². The highest BCUT2D eigenvalue weighted by Crippen LogP contribution is 2.19. The summed E-state index contributed by atoms with van der Waals surface area (Å²) in [5.41, 5.74) is 7.74. The maximum absolute atomic E-state index is 12.4. The van der Waals surface area contributed by atoms with Gasteiger partial charge in [-0.2, -0.15) is 0 Å². The summed E-state index contributed by atoms with van der Waals surface area (Å²) in [6.07, 6.45) is -0.0500. The Morgan fingerprint density at radius 2 is 1.63 bits per heavy atom. The lowest BCUT2D eigenvalue weighted by atomic mass is 10.1. The summed E-state index contributed by atoms with van der Waals surface area (Å²) in [6.45, 7) is 8.35. The lowest BCUT2D eigenvalue weighted by Gasteiger charge is -2.13. The quantitative estimate of drug-likeness (QED) is 0.579. The number of anilines is 1. The number of hydrazine groups is 1. The summed E-state index contributed by atoms with van der Waals surface area (Å²) in [6, 6.07) is 12.6. The van der Waals surface area contributed by atoms with Gasteiger partial charge in [-0.25, -0.2) is 0 Å². The van der Waals surface area contributed by atoms with Gasteiger partial charge in [-0.05, 0) is 49.1 Å². The van der Waals surface area contributed by atoms with Crippen molar-refractivity contribution in [2.75, 3.05) is 11.9 Å². The van der Waals surface area contributed by atoms with Crippen LogP contribution in [0.4, 0.5) is 5.69 Å². The van der Waals surface area contributed by atoms with Crippen molar-refractivity contribution < 1.29 is 19.1 Å². The average molecular weight is 412 g/mol. The van der Waals surface area contributed by atoms with Crippen LogP contribution in [0.25, 0.3) is 0 Å². The second kappa shape index (κ2) is 11.0. The fraction of sp³-hybridized carbons (Fsp3) is 0.348. The topological polar surface area (TPSA) is 96.5 Å². The van der Waals surface area contributed by atoms with Gasteiger partial charge in [-0.3, -0.25) is 25.2 Å². The largest absolute Gasteiger partial charge is 0.492 e. The van der Waals surface area contributed by atoms with Gasteiger partial charge in [0.1, 0.15) is 5.75 Å². The fourth-order valence-corrected chi connectivity index (χ4v) is 2.60. The Morgan fingerprint density at radius 1 is 0.933 bits per heavy atom. The molecule has 0 bridgehead atoms. The third-order valence-electron chi connectivity index (χ3n) is 4.27. The van der Waals surface area contributed by atoms with Crippen LogP contribution in [0, 0.1) is 19.8 Å². The third kappa shape index (κ3) is 7.24. The smallest absolute Gasteiger partial charge is 0.273 e. The molecule has 2 rings (SSSR count). The highest BCUT2D eigenvalue weighted by molar-refractivity contribution is 5.98. The third-order valence-corrected chi connectivity index (χ3v) is 4.27. The van der Waals surface area contributed by atoms with Crippen molar-refractivity contribution in [3.05, 3.63) is 59.2 Å². The van der Waals surface area contributed by atoms with E-state index in [2.05, 4.69) is 16.2 Å². The molecule has 0 saturated heterocycles. The number of rotatable bonds is 8. The van der Waals surface area contributed by atoms with Crippen LogP contribution in [0.1, 0.15) is 48.2 Å². The Bertz CT molecular complexity index is 909. The maximum atomic E-state index is 12.4. The SMILES string of the molecule is Cc1ccc(C)c(NC(=O)CCC(=O)NNC(=O)c2ccccc2OCC(C)C)c1. The first-order valence-electron chi connectivity index (χ1n) is 9.94. The molecule has 3 N–H and O–H groups in total. The van der Waals surface area contributed by atoms with E-state index in [9.17, 15) is 14.4 Å². The normalized spacial score (nSPS) is 10.4. The Hall–Kier alpha value is -3.35. The van der Waals surface area contributed by atoms with Crippen LogP contribution in [-0.4, -0.2) is 24.3 Å². The molecule has 2 aromatic carbocycles. The van der Waals surface area contributed by atoms with Gasteiger partial charge in [0.15, 0.2) is 0 Å². The fourth-order valence-electron chi connectivity index (χ4n) is 2.60. The maximum Gasteiger partial charge on any atom is 0.273 e. The highest BCUT2D eigenvalue weighted by Gasteiger charge is 2.14. The van der Waals surface area contributed by atoms with E-state index in [1.165, 1.54) is 0 Å². The van der Waals surface area contributed by atoms with E-state index in [0.717, 1.165) is 16.8 Å². The summed E-state index contributed by atoms with van der Waals surface area (Å²) < 4.78 is 5.65. The summed E-state index contributed by atoms with van der Waals surface area (Å²) >= 11 is 0. The van der Waals surface area contributed by atoms with Crippen LogP contribution in [0.3, 0.4) is 0 Å². The molecule has 0 aliphatic rings. The van der Waals surface area contributed by atoms with Crippen LogP contribution in [0.2, 0.25) is 0 Å². The van der Waals surface area contributed by atoms with Crippen molar-refractivity contribution in [1.82, 2.24) is 10.9 Å². The molecule has 0 fully saturated rings. The number of para-hydroxylation sites is 1. The molecule has 0 heterocycles. The second-order valence-corrected chi connectivity index (χ2v) is 7.57. The van der Waals surface area contributed by atoms with Crippen molar-refractivity contribution in [2.45, 2.75) is 40.5 Å². The van der Waals surface area contributed by atoms with E-state index in [1.54, 1.807) is 24.3 Å². The molecule has 0 atom stereocenters. The van der Waals surface area contributed by atoms with Gasteiger partial charge in [0.05, 0.1) is 12.2 Å². The zero-order valence-electron chi connectivity index (χ0n) is 17.9. The number of aryl methyl sites for hydroxylation is 2. The predicted octanol–water partition coefficient (Wildman–Crippen LogP) is 3.52. The number of hydrogen-bond acceptors (Lipinski definition) is 4. The van der Waals surface area contributed by atoms with Gasteiger partial charge in [-0.1, -0.05) is 38.1 Å². The van der Waals surface area contributed by atoms with E-state index in [0.29, 0.717) is 23.8 Å². The summed E-state index contributed by atoms with van der Waals surface area (Å²) in [5, 5.41) is 2.80. The van der Waals surface area contributed by atoms with Crippen molar-refractivity contribution in [3.8, 4) is 5.75 Å². The minimum absolute atomic E-state index is 0.00315. The molecule has 0 aliphatic heterocycles. The Labute approximate surface area is 177 Å². The van der Waals surface area contributed by atoms with Crippen LogP contribution < -0.4 is 20.9 Å². The van der Waals surface area contributed by atoms with Gasteiger partial charge in [0, 0.05) is 18.5 Å². The summed E-state index contributed by atoms with van der Waals surface area (Å²) in [5.74, 6) is -0.443. The molecule has 160 valence electrons. The lowest BCUT2D eigenvalue weighted by molar-refractivity contribution is -0.124. The number of hydrogen-bond donors (Lipinski definition) is 3. The zero-order valence-corrected chi connectivity index (χ0v) is 17.9. The first-order valence-corrected chi connectivity index (χ1v) is 9.94. The van der Waals surface area contributed by atoms with Gasteiger partial charge in [0.25, 0.3) is 5.91 Å². The molecule has 0 radical (unpaired) electrons. The number of carbonyl (C=O) groups excluding carboxylic acids is 3. The molecule has 0 saturated carbocycles. The monoisotopic (exact) mass is 411 g/mol. The minimum Gasteiger partial charge on any atom is -0.492 e. The Kier molecular flexibility index (Phi) is 8.41. The molecule has 3 amide bonds. The van der Waals surface area contributed by atoms with Gasteiger partial charge in [0.2, 0.25) is 11.8 Å². The minimum atomic E-state index is -0.484. The van der Waals surface area contributed by atoms with E-state index >= 15 is 0 Å². The molecule has 0 spiro atoms.